The number of nitrogens with two attached hydrogens (primary N) is 2. The number of ether oxygens (including phenoxy) is 4. The normalized spacial score (nSPS) is 42.2. The highest BCUT2D eigenvalue weighted by Gasteiger charge is 2.68. The lowest BCUT2D eigenvalue weighted by Crippen LogP contribution is -2.48. The average molecular weight is 715 g/mol. The van der Waals surface area contributed by atoms with Gasteiger partial charge in [0.15, 0.2) is 35.4 Å². The first-order chi connectivity index (χ1) is 22.0. The van der Waals surface area contributed by atoms with E-state index >= 15 is 0 Å². The molecule has 0 radical (unpaired) electrons. The summed E-state index contributed by atoms with van der Waals surface area (Å²) in [6, 6.07) is 0. The fraction of sp³-hybridized carbons (Fsp3) is 0.545. The van der Waals surface area contributed by atoms with E-state index < -0.39 is 74.9 Å². The van der Waals surface area contributed by atoms with Crippen LogP contribution >= 0.6 is 38.1 Å². The lowest BCUT2D eigenvalue weighted by atomic mass is 10.0. The molecule has 9 heterocycles. The van der Waals surface area contributed by atoms with Crippen molar-refractivity contribution >= 4 is 72.1 Å². The van der Waals surface area contributed by atoms with Crippen LogP contribution in [-0.4, -0.2) is 101 Å². The van der Waals surface area contributed by atoms with Crippen molar-refractivity contribution in [3.63, 3.8) is 0 Å². The number of rotatable bonds is 2. The van der Waals surface area contributed by atoms with Crippen LogP contribution in [0.15, 0.2) is 25.3 Å². The van der Waals surface area contributed by atoms with Gasteiger partial charge in [0.05, 0.1) is 39.1 Å². The van der Waals surface area contributed by atoms with E-state index in [1.54, 1.807) is 9.13 Å². The largest absolute Gasteiger partial charge is 0.386 e. The summed E-state index contributed by atoms with van der Waals surface area (Å²) in [6.07, 6.45) is -0.188. The Morgan fingerprint density at radius 1 is 0.696 bits per heavy atom. The molecule has 0 aliphatic carbocycles. The van der Waals surface area contributed by atoms with Gasteiger partial charge in [-0.25, -0.2) is 39.0 Å². The first kappa shape index (κ1) is 29.7. The third-order valence-electron chi connectivity index (χ3n) is 8.71. The zero-order valence-corrected chi connectivity index (χ0v) is 26.8. The molecule has 5 saturated heterocycles. The minimum absolute atomic E-state index is 0.0763. The van der Waals surface area contributed by atoms with Gasteiger partial charge in [-0.1, -0.05) is 24.5 Å². The molecule has 0 spiro atoms. The molecule has 10 atom stereocenters. The molecule has 5 aliphatic heterocycles. The van der Waals surface area contributed by atoms with Gasteiger partial charge in [0, 0.05) is 0 Å². The first-order valence-corrected chi connectivity index (χ1v) is 19.1. The van der Waals surface area contributed by atoms with Gasteiger partial charge >= 0.3 is 13.6 Å². The minimum atomic E-state index is -4.18. The molecule has 244 valence electrons. The maximum Gasteiger partial charge on any atom is 0.386 e. The fourth-order valence-corrected chi connectivity index (χ4v) is 9.63. The van der Waals surface area contributed by atoms with Crippen molar-refractivity contribution in [2.45, 2.75) is 48.1 Å². The van der Waals surface area contributed by atoms with E-state index in [0.29, 0.717) is 22.3 Å². The van der Waals surface area contributed by atoms with E-state index in [-0.39, 0.29) is 24.8 Å². The van der Waals surface area contributed by atoms with Gasteiger partial charge in [-0.05, 0) is 0 Å². The Balaban J connectivity index is 1.05. The molecule has 0 saturated carbocycles. The topological polar surface area (TPSA) is 247 Å². The molecule has 24 heteroatoms. The molecule has 4 aromatic rings. The second-order valence-corrected chi connectivity index (χ2v) is 17.2. The molecule has 0 aromatic carbocycles. The summed E-state index contributed by atoms with van der Waals surface area (Å²) in [5, 5.41) is 0. The fourth-order valence-electron chi connectivity index (χ4n) is 6.59. The summed E-state index contributed by atoms with van der Waals surface area (Å²) in [5.74, 6) is 0.342. The Labute approximate surface area is 268 Å². The molecule has 9 rings (SSSR count). The van der Waals surface area contributed by atoms with Crippen molar-refractivity contribution in [2.75, 3.05) is 37.9 Å². The number of nitrogen functional groups attached to an aromatic ring is 2. The Hall–Kier alpha value is -2.46. The maximum absolute atomic E-state index is 13.8. The summed E-state index contributed by atoms with van der Waals surface area (Å²) >= 11 is 8.58. The summed E-state index contributed by atoms with van der Waals surface area (Å²) in [5.41, 5.74) is 10.5. The number of aromatic nitrogens is 8. The van der Waals surface area contributed by atoms with Gasteiger partial charge in [0.25, 0.3) is 0 Å². The Morgan fingerprint density at radius 3 is 1.57 bits per heavy atom. The number of hydrogen-bond acceptors (Lipinski definition) is 18. The highest BCUT2D eigenvalue weighted by atomic mass is 32.7. The van der Waals surface area contributed by atoms with Crippen LogP contribution in [0.25, 0.3) is 22.3 Å². The predicted molar refractivity (Wildman–Crippen MR) is 159 cm³/mol. The van der Waals surface area contributed by atoms with E-state index in [2.05, 4.69) is 54.4 Å². The van der Waals surface area contributed by atoms with Crippen molar-refractivity contribution in [1.82, 2.24) is 39.0 Å². The van der Waals surface area contributed by atoms with E-state index in [4.69, 9.17) is 48.5 Å². The second-order valence-electron chi connectivity index (χ2n) is 11.4. The van der Waals surface area contributed by atoms with Gasteiger partial charge < -0.3 is 30.4 Å². The molecule has 0 unspecified atom stereocenters. The SMILES string of the molecule is Nc1ncnc2c1ncn2[C@@H]1O[C@@]23CO[C@@H]1[C@@H]2O[P@@](=O)(S)OC[C@@]12CO[C@@H]([C@H](n4cnc5c(N)ncnc54)O1)[C@@H]2O[P@@](=O)(S)OC3. The third-order valence-corrected chi connectivity index (χ3v) is 11.9. The van der Waals surface area contributed by atoms with Crippen LogP contribution in [0.4, 0.5) is 11.6 Å². The molecule has 5 fully saturated rings. The lowest BCUT2D eigenvalue weighted by molar-refractivity contribution is -0.186. The highest BCUT2D eigenvalue weighted by Crippen LogP contribution is 2.65. The van der Waals surface area contributed by atoms with E-state index in [9.17, 15) is 9.13 Å². The van der Waals surface area contributed by atoms with E-state index in [0.717, 1.165) is 0 Å². The number of hydrogen-bond donors (Lipinski definition) is 4. The smallest absolute Gasteiger partial charge is 0.382 e. The Bertz CT molecular complexity index is 1860. The number of thiol groups is 2. The summed E-state index contributed by atoms with van der Waals surface area (Å²) in [6.45, 7) is -9.31. The van der Waals surface area contributed by atoms with Gasteiger partial charge in [-0.2, -0.15) is 0 Å². The standard InChI is InChI=1S/C22H24N10O10P2S2/c23-15-9-17(27-5-25-15)31(7-29-9)19-11-13-21(39-19,1-35-11)3-37-43(33,45)42-14-12-20(32-8-30-10-16(24)26-6-28-18(10)32)40-22(14,2-36-12)4-38-44(34,46)41-13/h5-8,11-14,19-20H,1-4H2,(H,33,45)(H,34,46)(H2,23,25,27)(H2,24,26,28)/t11-,12-,13+,14+,19-,20-,21-,22-,43+,44+/m1/s1. The van der Waals surface area contributed by atoms with Crippen LogP contribution in [0.2, 0.25) is 0 Å². The van der Waals surface area contributed by atoms with Crippen LogP contribution in [0.3, 0.4) is 0 Å². The number of anilines is 2. The van der Waals surface area contributed by atoms with Crippen LogP contribution in [0.5, 0.6) is 0 Å². The predicted octanol–water partition coefficient (Wildman–Crippen LogP) is 1.06. The Kier molecular flexibility index (Phi) is 6.47. The van der Waals surface area contributed by atoms with Gasteiger partial charge in [-0.15, -0.1) is 0 Å². The zero-order chi connectivity index (χ0) is 31.6. The van der Waals surface area contributed by atoms with Gasteiger partial charge in [-0.3, -0.25) is 27.2 Å². The van der Waals surface area contributed by atoms with Crippen LogP contribution in [0, 0.1) is 0 Å². The molecule has 5 aliphatic rings. The van der Waals surface area contributed by atoms with E-state index in [1.807, 2.05) is 0 Å². The van der Waals surface area contributed by atoms with Gasteiger partial charge in [0.1, 0.15) is 59.3 Å². The molecular weight excluding hydrogens is 690 g/mol. The quantitative estimate of drug-likeness (QED) is 0.167. The highest BCUT2D eigenvalue weighted by molar-refractivity contribution is 8.44. The number of imidazole rings is 2. The summed E-state index contributed by atoms with van der Waals surface area (Å²) in [4.78, 5) is 25.1. The van der Waals surface area contributed by atoms with Crippen LogP contribution in [0.1, 0.15) is 12.5 Å². The van der Waals surface area contributed by atoms with Crippen molar-refractivity contribution in [2.24, 2.45) is 0 Å². The number of nitrogens with zero attached hydrogens (tertiary/aromatic N) is 8. The summed E-state index contributed by atoms with van der Waals surface area (Å²) < 4.78 is 79.6. The maximum atomic E-state index is 13.8. The zero-order valence-electron chi connectivity index (χ0n) is 23.2. The first-order valence-electron chi connectivity index (χ1n) is 13.7. The average Bonchev–Trinajstić information content (AvgIpc) is 3.86. The second kappa shape index (κ2) is 10.0. The Morgan fingerprint density at radius 2 is 1.13 bits per heavy atom. The van der Waals surface area contributed by atoms with Crippen molar-refractivity contribution in [3.05, 3.63) is 25.3 Å². The van der Waals surface area contributed by atoms with Crippen molar-refractivity contribution in [3.8, 4) is 0 Å². The molecule has 0 amide bonds. The monoisotopic (exact) mass is 714 g/mol. The van der Waals surface area contributed by atoms with Gasteiger partial charge in [0.2, 0.25) is 0 Å². The van der Waals surface area contributed by atoms with Crippen molar-refractivity contribution in [1.29, 1.82) is 0 Å². The molecule has 4 N–H and O–H groups in total. The van der Waals surface area contributed by atoms with E-state index in [1.165, 1.54) is 25.3 Å². The molecule has 4 bridgehead atoms. The third kappa shape index (κ3) is 4.33. The summed E-state index contributed by atoms with van der Waals surface area (Å²) in [7, 11) is 0. The van der Waals surface area contributed by atoms with Crippen LogP contribution in [-0.2, 0) is 46.2 Å². The molecule has 46 heavy (non-hydrogen) atoms. The number of fused-ring (bicyclic) bond motifs is 2. The van der Waals surface area contributed by atoms with Crippen molar-refractivity contribution < 1.29 is 46.2 Å². The molecule has 4 aromatic heterocycles. The van der Waals surface area contributed by atoms with Crippen LogP contribution < -0.4 is 11.5 Å². The molecular formula is C22H24N10O10P2S2. The minimum Gasteiger partial charge on any atom is -0.382 e. The molecule has 20 nitrogen and oxygen atoms in total. The lowest BCUT2D eigenvalue weighted by Gasteiger charge is -2.35.